The number of nitrogens with one attached hydrogen (secondary N) is 1. The van der Waals surface area contributed by atoms with Crippen LogP contribution in [-0.2, 0) is 0 Å². The maximum atomic E-state index is 8.69. The molecule has 0 atom stereocenters. The Morgan fingerprint density at radius 1 is 1.42 bits per heavy atom. The number of hydrogen-bond donors (Lipinski definition) is 1. The highest BCUT2D eigenvalue weighted by molar-refractivity contribution is 5.48. The molecule has 5 nitrogen and oxygen atoms in total. The fourth-order valence-electron chi connectivity index (χ4n) is 1.93. The number of nitrogens with zero attached hydrogens (tertiary/aromatic N) is 4. The van der Waals surface area contributed by atoms with Crippen LogP contribution in [0.4, 0.5) is 11.6 Å². The van der Waals surface area contributed by atoms with Gasteiger partial charge in [0.15, 0.2) is 0 Å². The van der Waals surface area contributed by atoms with Crippen molar-refractivity contribution >= 4 is 11.6 Å². The number of nitriles is 1. The van der Waals surface area contributed by atoms with Crippen molar-refractivity contribution in [3.05, 3.63) is 12.4 Å². The van der Waals surface area contributed by atoms with E-state index in [1.807, 2.05) is 13.1 Å². The second kappa shape index (κ2) is 6.93. The molecular formula is C14H23N5. The van der Waals surface area contributed by atoms with E-state index in [0.29, 0.717) is 6.54 Å². The fourth-order valence-corrected chi connectivity index (χ4v) is 1.93. The van der Waals surface area contributed by atoms with E-state index >= 15 is 0 Å². The van der Waals surface area contributed by atoms with E-state index in [9.17, 15) is 0 Å². The van der Waals surface area contributed by atoms with Crippen LogP contribution in [0.15, 0.2) is 12.4 Å². The van der Waals surface area contributed by atoms with E-state index < -0.39 is 0 Å². The van der Waals surface area contributed by atoms with Crippen LogP contribution in [0.5, 0.6) is 0 Å². The highest BCUT2D eigenvalue weighted by Gasteiger charge is 2.16. The lowest BCUT2D eigenvalue weighted by atomic mass is 9.88. The minimum absolute atomic E-state index is 0.248. The smallest absolute Gasteiger partial charge is 0.134 e. The Morgan fingerprint density at radius 3 is 2.79 bits per heavy atom. The van der Waals surface area contributed by atoms with Crippen LogP contribution in [0.2, 0.25) is 0 Å². The monoisotopic (exact) mass is 261 g/mol. The van der Waals surface area contributed by atoms with Crippen molar-refractivity contribution in [2.45, 2.75) is 33.6 Å². The van der Waals surface area contributed by atoms with Crippen molar-refractivity contribution in [3.63, 3.8) is 0 Å². The van der Waals surface area contributed by atoms with Gasteiger partial charge >= 0.3 is 0 Å². The minimum atomic E-state index is 0.248. The highest BCUT2D eigenvalue weighted by Crippen LogP contribution is 2.23. The summed E-state index contributed by atoms with van der Waals surface area (Å²) in [4.78, 5) is 10.2. The Kier molecular flexibility index (Phi) is 5.56. The maximum Gasteiger partial charge on any atom is 0.134 e. The SMILES string of the molecule is CCCC(C)(C)CNc1cc(N(C)CC#N)ncn1. The molecule has 1 aromatic heterocycles. The van der Waals surface area contributed by atoms with Crippen molar-refractivity contribution in [3.8, 4) is 6.07 Å². The van der Waals surface area contributed by atoms with Crippen LogP contribution in [0.3, 0.4) is 0 Å². The van der Waals surface area contributed by atoms with Crippen LogP contribution < -0.4 is 10.2 Å². The molecule has 0 amide bonds. The van der Waals surface area contributed by atoms with E-state index in [1.54, 1.807) is 4.90 Å². The van der Waals surface area contributed by atoms with Crippen LogP contribution >= 0.6 is 0 Å². The van der Waals surface area contributed by atoms with Gasteiger partial charge in [-0.3, -0.25) is 0 Å². The van der Waals surface area contributed by atoms with Gasteiger partial charge in [0.05, 0.1) is 6.07 Å². The fraction of sp³-hybridized carbons (Fsp3) is 0.643. The van der Waals surface area contributed by atoms with Gasteiger partial charge in [0.2, 0.25) is 0 Å². The van der Waals surface area contributed by atoms with Crippen LogP contribution in [0.1, 0.15) is 33.6 Å². The summed E-state index contributed by atoms with van der Waals surface area (Å²) in [6, 6.07) is 3.98. The van der Waals surface area contributed by atoms with Gasteiger partial charge in [0.1, 0.15) is 24.5 Å². The van der Waals surface area contributed by atoms with Crippen molar-refractivity contribution in [2.24, 2.45) is 5.41 Å². The minimum Gasteiger partial charge on any atom is -0.369 e. The summed E-state index contributed by atoms with van der Waals surface area (Å²) < 4.78 is 0. The average Bonchev–Trinajstić information content (AvgIpc) is 2.37. The molecule has 5 heteroatoms. The zero-order valence-electron chi connectivity index (χ0n) is 12.3. The van der Waals surface area contributed by atoms with Crippen LogP contribution in [0.25, 0.3) is 0 Å². The first kappa shape index (κ1) is 15.2. The molecule has 0 unspecified atom stereocenters. The van der Waals surface area contributed by atoms with Gasteiger partial charge in [0, 0.05) is 19.7 Å². The molecule has 0 bridgehead atoms. The summed E-state index contributed by atoms with van der Waals surface area (Å²) in [5.41, 5.74) is 0.248. The second-order valence-electron chi connectivity index (χ2n) is 5.54. The molecule has 0 aliphatic heterocycles. The lowest BCUT2D eigenvalue weighted by Crippen LogP contribution is -2.24. The third-order valence-electron chi connectivity index (χ3n) is 3.03. The standard InChI is InChI=1S/C14H23N5/c1-5-6-14(2,3)10-16-12-9-13(18-11-17-12)19(4)8-7-15/h9,11H,5-6,8,10H2,1-4H3,(H,16,17,18). The first-order valence-electron chi connectivity index (χ1n) is 6.62. The van der Waals surface area contributed by atoms with E-state index in [4.69, 9.17) is 5.26 Å². The summed E-state index contributed by atoms with van der Waals surface area (Å²) >= 11 is 0. The van der Waals surface area contributed by atoms with Crippen molar-refractivity contribution in [1.29, 1.82) is 5.26 Å². The average molecular weight is 261 g/mol. The Labute approximate surface area is 115 Å². The van der Waals surface area contributed by atoms with E-state index in [-0.39, 0.29) is 5.41 Å². The maximum absolute atomic E-state index is 8.69. The van der Waals surface area contributed by atoms with E-state index in [1.165, 1.54) is 19.2 Å². The van der Waals surface area contributed by atoms with Crippen molar-refractivity contribution in [1.82, 2.24) is 9.97 Å². The second-order valence-corrected chi connectivity index (χ2v) is 5.54. The topological polar surface area (TPSA) is 64.8 Å². The molecule has 0 fully saturated rings. The largest absolute Gasteiger partial charge is 0.369 e. The molecule has 0 saturated carbocycles. The van der Waals surface area contributed by atoms with Gasteiger partial charge in [-0.05, 0) is 11.8 Å². The Morgan fingerprint density at radius 2 is 2.16 bits per heavy atom. The molecule has 1 heterocycles. The van der Waals surface area contributed by atoms with Crippen molar-refractivity contribution in [2.75, 3.05) is 30.4 Å². The first-order chi connectivity index (χ1) is 8.98. The van der Waals surface area contributed by atoms with Crippen LogP contribution in [0, 0.1) is 16.7 Å². The lowest BCUT2D eigenvalue weighted by Gasteiger charge is -2.24. The van der Waals surface area contributed by atoms with Gasteiger partial charge in [-0.1, -0.05) is 27.2 Å². The first-order valence-corrected chi connectivity index (χ1v) is 6.62. The summed E-state index contributed by atoms with van der Waals surface area (Å²) in [6.07, 6.45) is 3.87. The van der Waals surface area contributed by atoms with Gasteiger partial charge in [-0.15, -0.1) is 0 Å². The molecular weight excluding hydrogens is 238 g/mol. The molecule has 104 valence electrons. The predicted molar refractivity (Wildman–Crippen MR) is 78.1 cm³/mol. The highest BCUT2D eigenvalue weighted by atomic mass is 15.2. The quantitative estimate of drug-likeness (QED) is 0.764. The van der Waals surface area contributed by atoms with Crippen LogP contribution in [-0.4, -0.2) is 30.1 Å². The Hall–Kier alpha value is -1.83. The molecule has 1 aromatic rings. The molecule has 1 N–H and O–H groups in total. The summed E-state index contributed by atoms with van der Waals surface area (Å²) in [5, 5.41) is 12.0. The number of aromatic nitrogens is 2. The summed E-state index contributed by atoms with van der Waals surface area (Å²) in [6.45, 7) is 7.87. The molecule has 0 aliphatic rings. The van der Waals surface area contributed by atoms with Gasteiger partial charge in [-0.2, -0.15) is 5.26 Å². The third kappa shape index (κ3) is 5.12. The number of hydrogen-bond acceptors (Lipinski definition) is 5. The normalized spacial score (nSPS) is 10.9. The van der Waals surface area contributed by atoms with E-state index in [0.717, 1.165) is 18.2 Å². The van der Waals surface area contributed by atoms with Gasteiger partial charge in [0.25, 0.3) is 0 Å². The molecule has 0 spiro atoms. The molecule has 19 heavy (non-hydrogen) atoms. The summed E-state index contributed by atoms with van der Waals surface area (Å²) in [7, 11) is 1.84. The Balaban J connectivity index is 2.65. The molecule has 0 saturated heterocycles. The zero-order valence-corrected chi connectivity index (χ0v) is 12.3. The lowest BCUT2D eigenvalue weighted by molar-refractivity contribution is 0.354. The summed E-state index contributed by atoms with van der Waals surface area (Å²) in [5.74, 6) is 1.56. The molecule has 0 aliphatic carbocycles. The van der Waals surface area contributed by atoms with Gasteiger partial charge < -0.3 is 10.2 Å². The number of rotatable bonds is 7. The molecule has 0 radical (unpaired) electrons. The zero-order chi connectivity index (χ0) is 14.3. The van der Waals surface area contributed by atoms with Gasteiger partial charge in [-0.25, -0.2) is 9.97 Å². The molecule has 0 aromatic carbocycles. The molecule has 1 rings (SSSR count). The third-order valence-corrected chi connectivity index (χ3v) is 3.03. The van der Waals surface area contributed by atoms with E-state index in [2.05, 4.69) is 42.1 Å². The Bertz CT molecular complexity index is 436. The predicted octanol–water partition coefficient (Wildman–Crippen LogP) is 2.67. The number of anilines is 2. The van der Waals surface area contributed by atoms with Crippen molar-refractivity contribution < 1.29 is 0 Å².